The summed E-state index contributed by atoms with van der Waals surface area (Å²) in [6, 6.07) is 8.12. The Kier molecular flexibility index (Phi) is 4.14. The summed E-state index contributed by atoms with van der Waals surface area (Å²) in [6.07, 6.45) is 1.17. The third-order valence-corrected chi connectivity index (χ3v) is 2.43. The number of nitrogens with zero attached hydrogens (tertiary/aromatic N) is 1. The molecule has 0 aliphatic carbocycles. The molecule has 0 aliphatic heterocycles. The van der Waals surface area contributed by atoms with Crippen molar-refractivity contribution in [2.75, 3.05) is 0 Å². The molecule has 0 unspecified atom stereocenters. The van der Waals surface area contributed by atoms with Gasteiger partial charge in [0.2, 0.25) is 0 Å². The molecule has 0 spiro atoms. The van der Waals surface area contributed by atoms with Crippen molar-refractivity contribution in [1.82, 2.24) is 5.43 Å². The van der Waals surface area contributed by atoms with Crippen molar-refractivity contribution < 1.29 is 18.0 Å². The van der Waals surface area contributed by atoms with Crippen molar-refractivity contribution in [1.29, 1.82) is 0 Å². The number of halogens is 3. The van der Waals surface area contributed by atoms with E-state index in [1.165, 1.54) is 24.4 Å². The van der Waals surface area contributed by atoms with Crippen molar-refractivity contribution in [3.8, 4) is 0 Å². The van der Waals surface area contributed by atoms with E-state index in [0.29, 0.717) is 5.56 Å². The van der Waals surface area contributed by atoms with Crippen LogP contribution in [0.3, 0.4) is 0 Å². The molecule has 0 heterocycles. The van der Waals surface area contributed by atoms with E-state index in [0.717, 1.165) is 24.3 Å². The molecule has 0 bridgehead atoms. The van der Waals surface area contributed by atoms with Crippen LogP contribution in [0.4, 0.5) is 13.2 Å². The lowest BCUT2D eigenvalue weighted by molar-refractivity contribution is 0.0955. The summed E-state index contributed by atoms with van der Waals surface area (Å²) in [5.74, 6) is -2.95. The second-order valence-electron chi connectivity index (χ2n) is 3.88. The lowest BCUT2D eigenvalue weighted by Gasteiger charge is -1.99. The summed E-state index contributed by atoms with van der Waals surface area (Å²) >= 11 is 0. The van der Waals surface area contributed by atoms with Crippen LogP contribution in [0, 0.1) is 17.5 Å². The third kappa shape index (κ3) is 3.44. The van der Waals surface area contributed by atoms with Gasteiger partial charge in [0.05, 0.1) is 6.21 Å². The van der Waals surface area contributed by atoms with Gasteiger partial charge in [0, 0.05) is 5.56 Å². The van der Waals surface area contributed by atoms with E-state index in [2.05, 4.69) is 10.5 Å². The van der Waals surface area contributed by atoms with Gasteiger partial charge in [0.25, 0.3) is 5.91 Å². The Labute approximate surface area is 112 Å². The summed E-state index contributed by atoms with van der Waals surface area (Å²) in [4.78, 5) is 11.6. The molecule has 3 nitrogen and oxygen atoms in total. The quantitative estimate of drug-likeness (QED) is 0.680. The highest BCUT2D eigenvalue weighted by Gasteiger charge is 2.04. The fraction of sp³-hybridized carbons (Fsp3) is 0. The van der Waals surface area contributed by atoms with Gasteiger partial charge in [0.15, 0.2) is 11.6 Å². The fourth-order valence-corrected chi connectivity index (χ4v) is 1.42. The minimum absolute atomic E-state index is 0.230. The number of hydrogen-bond acceptors (Lipinski definition) is 2. The molecule has 1 amide bonds. The summed E-state index contributed by atoms with van der Waals surface area (Å²) in [5, 5.41) is 3.60. The van der Waals surface area contributed by atoms with Gasteiger partial charge >= 0.3 is 0 Å². The third-order valence-electron chi connectivity index (χ3n) is 2.43. The number of carbonyl (C=O) groups is 1. The lowest BCUT2D eigenvalue weighted by Crippen LogP contribution is -2.17. The highest BCUT2D eigenvalue weighted by molar-refractivity contribution is 5.94. The zero-order valence-electron chi connectivity index (χ0n) is 10.1. The molecular weight excluding hydrogens is 269 g/mol. The summed E-state index contributed by atoms with van der Waals surface area (Å²) in [7, 11) is 0. The number of nitrogens with one attached hydrogen (secondary N) is 1. The van der Waals surface area contributed by atoms with E-state index in [-0.39, 0.29) is 5.56 Å². The highest BCUT2D eigenvalue weighted by atomic mass is 19.2. The minimum Gasteiger partial charge on any atom is -0.267 e. The molecule has 2 aromatic rings. The van der Waals surface area contributed by atoms with Crippen LogP contribution in [-0.2, 0) is 0 Å². The van der Waals surface area contributed by atoms with Crippen molar-refractivity contribution >= 4 is 12.1 Å². The Morgan fingerprint density at radius 2 is 1.70 bits per heavy atom. The maximum Gasteiger partial charge on any atom is 0.271 e. The Morgan fingerprint density at radius 1 is 1.00 bits per heavy atom. The van der Waals surface area contributed by atoms with E-state index in [1.54, 1.807) is 0 Å². The molecule has 0 saturated carbocycles. The van der Waals surface area contributed by atoms with Gasteiger partial charge in [-0.1, -0.05) is 6.07 Å². The van der Waals surface area contributed by atoms with Crippen LogP contribution in [0.2, 0.25) is 0 Å². The molecule has 20 heavy (non-hydrogen) atoms. The van der Waals surface area contributed by atoms with Gasteiger partial charge in [-0.25, -0.2) is 18.6 Å². The van der Waals surface area contributed by atoms with Crippen LogP contribution in [0.25, 0.3) is 0 Å². The summed E-state index contributed by atoms with van der Waals surface area (Å²) in [6.45, 7) is 0. The van der Waals surface area contributed by atoms with Gasteiger partial charge in [-0.3, -0.25) is 4.79 Å². The molecule has 1 N–H and O–H groups in total. The molecular formula is C14H9F3N2O. The van der Waals surface area contributed by atoms with E-state index >= 15 is 0 Å². The maximum absolute atomic E-state index is 12.9. The number of hydrazone groups is 1. The SMILES string of the molecule is O=C(N/N=C\c1ccc(F)c(F)c1)c1ccc(F)cc1. The monoisotopic (exact) mass is 278 g/mol. The zero-order chi connectivity index (χ0) is 14.5. The van der Waals surface area contributed by atoms with Crippen molar-refractivity contribution in [3.63, 3.8) is 0 Å². The van der Waals surface area contributed by atoms with Crippen molar-refractivity contribution in [2.24, 2.45) is 5.10 Å². The van der Waals surface area contributed by atoms with Crippen LogP contribution in [0.1, 0.15) is 15.9 Å². The van der Waals surface area contributed by atoms with Crippen LogP contribution in [0.5, 0.6) is 0 Å². The topological polar surface area (TPSA) is 41.5 Å². The van der Waals surface area contributed by atoms with Crippen LogP contribution in [0.15, 0.2) is 47.6 Å². The first-order valence-electron chi connectivity index (χ1n) is 5.60. The van der Waals surface area contributed by atoms with E-state index in [1.807, 2.05) is 0 Å². The molecule has 0 radical (unpaired) electrons. The van der Waals surface area contributed by atoms with Crippen molar-refractivity contribution in [3.05, 3.63) is 71.0 Å². The average Bonchev–Trinajstić information content (AvgIpc) is 2.43. The van der Waals surface area contributed by atoms with E-state index < -0.39 is 23.4 Å². The molecule has 6 heteroatoms. The largest absolute Gasteiger partial charge is 0.271 e. The molecule has 2 rings (SSSR count). The molecule has 0 fully saturated rings. The first-order chi connectivity index (χ1) is 9.56. The molecule has 2 aromatic carbocycles. The van der Waals surface area contributed by atoms with E-state index in [9.17, 15) is 18.0 Å². The second-order valence-corrected chi connectivity index (χ2v) is 3.88. The Bertz CT molecular complexity index is 654. The summed E-state index contributed by atoms with van der Waals surface area (Å²) < 4.78 is 38.3. The lowest BCUT2D eigenvalue weighted by atomic mass is 10.2. The van der Waals surface area contributed by atoms with Gasteiger partial charge in [-0.05, 0) is 42.0 Å². The van der Waals surface area contributed by atoms with Gasteiger partial charge in [-0.15, -0.1) is 0 Å². The van der Waals surface area contributed by atoms with Crippen molar-refractivity contribution in [2.45, 2.75) is 0 Å². The number of carbonyl (C=O) groups excluding carboxylic acids is 1. The minimum atomic E-state index is -1.00. The average molecular weight is 278 g/mol. The van der Waals surface area contributed by atoms with Gasteiger partial charge < -0.3 is 0 Å². The maximum atomic E-state index is 12.9. The van der Waals surface area contributed by atoms with Gasteiger partial charge in [-0.2, -0.15) is 5.10 Å². The Balaban J connectivity index is 2.00. The fourth-order valence-electron chi connectivity index (χ4n) is 1.42. The molecule has 102 valence electrons. The summed E-state index contributed by atoms with van der Waals surface area (Å²) in [5.41, 5.74) is 2.72. The molecule has 0 atom stereocenters. The first-order valence-corrected chi connectivity index (χ1v) is 5.60. The van der Waals surface area contributed by atoms with Crippen LogP contribution < -0.4 is 5.43 Å². The molecule has 0 saturated heterocycles. The Morgan fingerprint density at radius 3 is 2.35 bits per heavy atom. The first kappa shape index (κ1) is 13.8. The van der Waals surface area contributed by atoms with Crippen LogP contribution in [-0.4, -0.2) is 12.1 Å². The molecule has 0 aromatic heterocycles. The predicted octanol–water partition coefficient (Wildman–Crippen LogP) is 2.87. The number of rotatable bonds is 3. The highest BCUT2D eigenvalue weighted by Crippen LogP contribution is 2.07. The standard InChI is InChI=1S/C14H9F3N2O/c15-11-4-2-10(3-5-11)14(20)19-18-8-9-1-6-12(16)13(17)7-9/h1-8H,(H,19,20)/b18-8-. The number of hydrogen-bond donors (Lipinski definition) is 1. The number of amides is 1. The normalized spacial score (nSPS) is 10.8. The smallest absolute Gasteiger partial charge is 0.267 e. The number of benzene rings is 2. The predicted molar refractivity (Wildman–Crippen MR) is 67.8 cm³/mol. The zero-order valence-corrected chi connectivity index (χ0v) is 10.1. The van der Waals surface area contributed by atoms with Gasteiger partial charge in [0.1, 0.15) is 5.82 Å². The van der Waals surface area contributed by atoms with E-state index in [4.69, 9.17) is 0 Å². The Hall–Kier alpha value is -2.63. The second kappa shape index (κ2) is 6.01. The van der Waals surface area contributed by atoms with Crippen LogP contribution >= 0.6 is 0 Å². The molecule has 0 aliphatic rings.